The van der Waals surface area contributed by atoms with Crippen molar-refractivity contribution < 1.29 is 8.42 Å². The van der Waals surface area contributed by atoms with E-state index in [1.165, 1.54) is 0 Å². The molecule has 0 aromatic heterocycles. The monoisotopic (exact) mass is 302 g/mol. The second-order valence-electron chi connectivity index (χ2n) is 4.58. The van der Waals surface area contributed by atoms with Crippen LogP contribution in [0.25, 0.3) is 0 Å². The van der Waals surface area contributed by atoms with E-state index in [0.29, 0.717) is 0 Å². The predicted molar refractivity (Wildman–Crippen MR) is 82.8 cm³/mol. The fourth-order valence-electron chi connectivity index (χ4n) is 1.89. The zero-order valence-electron chi connectivity index (χ0n) is 11.6. The Morgan fingerprint density at radius 3 is 2.63 bits per heavy atom. The third-order valence-corrected chi connectivity index (χ3v) is 4.83. The Balaban J connectivity index is 2.69. The van der Waals surface area contributed by atoms with Gasteiger partial charge in [0.1, 0.15) is 0 Å². The van der Waals surface area contributed by atoms with Crippen LogP contribution in [0.15, 0.2) is 24.3 Å². The van der Waals surface area contributed by atoms with Crippen LogP contribution in [-0.2, 0) is 22.3 Å². The van der Waals surface area contributed by atoms with Gasteiger partial charge in [-0.25, -0.2) is 13.1 Å². The lowest BCUT2D eigenvalue weighted by Crippen LogP contribution is -2.35. The molecule has 0 aliphatic rings. The Morgan fingerprint density at radius 1 is 1.32 bits per heavy atom. The summed E-state index contributed by atoms with van der Waals surface area (Å²) in [6.07, 6.45) is 1.96. The summed E-state index contributed by atoms with van der Waals surface area (Å²) in [5.74, 6) is 0.808. The second-order valence-corrected chi connectivity index (χ2v) is 7.25. The minimum absolute atomic E-state index is 0.0310. The summed E-state index contributed by atoms with van der Waals surface area (Å²) in [5, 5.41) is 3.06. The van der Waals surface area contributed by atoms with Crippen molar-refractivity contribution in [3.63, 3.8) is 0 Å². The summed E-state index contributed by atoms with van der Waals surface area (Å²) >= 11 is 1.63. The summed E-state index contributed by atoms with van der Waals surface area (Å²) < 4.78 is 26.7. The fourth-order valence-corrected chi connectivity index (χ4v) is 3.97. The lowest BCUT2D eigenvalue weighted by molar-refractivity contribution is 0.570. The molecule has 0 radical (unpaired) electrons. The molecule has 0 bridgehead atoms. The van der Waals surface area contributed by atoms with E-state index >= 15 is 0 Å². The molecule has 0 fully saturated rings. The molecule has 0 heterocycles. The Labute approximate surface area is 120 Å². The average molecular weight is 302 g/mol. The lowest BCUT2D eigenvalue weighted by atomic mass is 10.1. The van der Waals surface area contributed by atoms with Gasteiger partial charge in [0.2, 0.25) is 10.0 Å². The van der Waals surface area contributed by atoms with Gasteiger partial charge in [-0.1, -0.05) is 24.3 Å². The Hall–Kier alpha value is -0.560. The molecular weight excluding hydrogens is 280 g/mol. The molecule has 1 rings (SSSR count). The van der Waals surface area contributed by atoms with Crippen LogP contribution in [0.5, 0.6) is 0 Å². The van der Waals surface area contributed by atoms with E-state index in [1.54, 1.807) is 11.8 Å². The van der Waals surface area contributed by atoms with Crippen molar-refractivity contribution in [3.05, 3.63) is 35.4 Å². The van der Waals surface area contributed by atoms with Gasteiger partial charge in [0.05, 0.1) is 5.75 Å². The first-order valence-corrected chi connectivity index (χ1v) is 9.23. The largest absolute Gasteiger partial charge is 0.316 e. The van der Waals surface area contributed by atoms with Crippen molar-refractivity contribution in [3.8, 4) is 0 Å². The first kappa shape index (κ1) is 16.5. The smallest absolute Gasteiger partial charge is 0.216 e. The molecule has 0 spiro atoms. The van der Waals surface area contributed by atoms with Gasteiger partial charge in [-0.3, -0.25) is 0 Å². The second kappa shape index (κ2) is 7.89. The van der Waals surface area contributed by atoms with Crippen LogP contribution in [0.3, 0.4) is 0 Å². The van der Waals surface area contributed by atoms with Gasteiger partial charge in [-0.05, 0) is 31.4 Å². The van der Waals surface area contributed by atoms with Gasteiger partial charge in [0.15, 0.2) is 0 Å². The zero-order valence-corrected chi connectivity index (χ0v) is 13.3. The molecule has 0 aliphatic carbocycles. The maximum atomic E-state index is 12.0. The van der Waals surface area contributed by atoms with Gasteiger partial charge in [-0.15, -0.1) is 0 Å². The van der Waals surface area contributed by atoms with Crippen LogP contribution < -0.4 is 10.0 Å². The minimum Gasteiger partial charge on any atom is -0.316 e. The molecular formula is C13H22N2O2S2. The van der Waals surface area contributed by atoms with Crippen LogP contribution in [0.4, 0.5) is 0 Å². The SMILES string of the molecule is CNCc1cccc(CS(=O)(=O)NC(C)CSC)c1. The van der Waals surface area contributed by atoms with Crippen molar-refractivity contribution in [2.24, 2.45) is 0 Å². The van der Waals surface area contributed by atoms with Crippen molar-refractivity contribution in [1.82, 2.24) is 10.0 Å². The average Bonchev–Trinajstić information content (AvgIpc) is 2.28. The third-order valence-electron chi connectivity index (χ3n) is 2.53. The van der Waals surface area contributed by atoms with Crippen LogP contribution >= 0.6 is 11.8 Å². The quantitative estimate of drug-likeness (QED) is 0.765. The summed E-state index contributed by atoms with van der Waals surface area (Å²) in [7, 11) is -1.40. The summed E-state index contributed by atoms with van der Waals surface area (Å²) in [6, 6.07) is 7.60. The summed E-state index contributed by atoms with van der Waals surface area (Å²) in [6.45, 7) is 2.62. The first-order chi connectivity index (χ1) is 8.96. The maximum Gasteiger partial charge on any atom is 0.216 e. The molecule has 2 N–H and O–H groups in total. The number of benzene rings is 1. The van der Waals surface area contributed by atoms with E-state index in [0.717, 1.165) is 23.4 Å². The Kier molecular flexibility index (Phi) is 6.85. The number of rotatable bonds is 8. The number of nitrogens with one attached hydrogen (secondary N) is 2. The van der Waals surface area contributed by atoms with E-state index in [2.05, 4.69) is 10.0 Å². The lowest BCUT2D eigenvalue weighted by Gasteiger charge is -2.13. The summed E-state index contributed by atoms with van der Waals surface area (Å²) in [5.41, 5.74) is 1.91. The van der Waals surface area contributed by atoms with E-state index in [-0.39, 0.29) is 11.8 Å². The number of hydrogen-bond acceptors (Lipinski definition) is 4. The molecule has 0 aliphatic heterocycles. The molecule has 1 atom stereocenters. The number of hydrogen-bond donors (Lipinski definition) is 2. The van der Waals surface area contributed by atoms with Crippen molar-refractivity contribution >= 4 is 21.8 Å². The molecule has 1 aromatic rings. The molecule has 0 saturated heterocycles. The van der Waals surface area contributed by atoms with Crippen LogP contribution in [0, 0.1) is 0 Å². The molecule has 0 amide bonds. The Morgan fingerprint density at radius 2 is 2.00 bits per heavy atom. The highest BCUT2D eigenvalue weighted by Crippen LogP contribution is 2.09. The van der Waals surface area contributed by atoms with Crippen LogP contribution in [0.1, 0.15) is 18.1 Å². The molecule has 108 valence electrons. The topological polar surface area (TPSA) is 58.2 Å². The van der Waals surface area contributed by atoms with Crippen LogP contribution in [0.2, 0.25) is 0 Å². The highest BCUT2D eigenvalue weighted by Gasteiger charge is 2.15. The van der Waals surface area contributed by atoms with Crippen LogP contribution in [-0.4, -0.2) is 33.5 Å². The fraction of sp³-hybridized carbons (Fsp3) is 0.538. The summed E-state index contributed by atoms with van der Waals surface area (Å²) in [4.78, 5) is 0. The molecule has 0 saturated carbocycles. The maximum absolute atomic E-state index is 12.0. The highest BCUT2D eigenvalue weighted by atomic mass is 32.2. The predicted octanol–water partition coefficient (Wildman–Crippen LogP) is 1.58. The van der Waals surface area contributed by atoms with Gasteiger partial charge >= 0.3 is 0 Å². The van der Waals surface area contributed by atoms with E-state index in [1.807, 2.05) is 44.5 Å². The Bertz CT molecular complexity index is 489. The normalized spacial score (nSPS) is 13.4. The highest BCUT2D eigenvalue weighted by molar-refractivity contribution is 7.98. The first-order valence-electron chi connectivity index (χ1n) is 6.18. The number of sulfonamides is 1. The van der Waals surface area contributed by atoms with Gasteiger partial charge in [0.25, 0.3) is 0 Å². The van der Waals surface area contributed by atoms with Crippen molar-refractivity contribution in [2.75, 3.05) is 19.1 Å². The molecule has 1 unspecified atom stereocenters. The molecule has 1 aromatic carbocycles. The van der Waals surface area contributed by atoms with Crippen molar-refractivity contribution in [1.29, 1.82) is 0 Å². The zero-order chi connectivity index (χ0) is 14.3. The van der Waals surface area contributed by atoms with E-state index < -0.39 is 10.0 Å². The van der Waals surface area contributed by atoms with Gasteiger partial charge in [-0.2, -0.15) is 11.8 Å². The third kappa shape index (κ3) is 6.42. The molecule has 4 nitrogen and oxygen atoms in total. The van der Waals surface area contributed by atoms with E-state index in [4.69, 9.17) is 0 Å². The van der Waals surface area contributed by atoms with Crippen molar-refractivity contribution in [2.45, 2.75) is 25.3 Å². The molecule has 6 heteroatoms. The minimum atomic E-state index is -3.27. The van der Waals surface area contributed by atoms with E-state index in [9.17, 15) is 8.42 Å². The molecule has 19 heavy (non-hydrogen) atoms. The van der Waals surface area contributed by atoms with Gasteiger partial charge in [0, 0.05) is 18.3 Å². The number of thioether (sulfide) groups is 1. The van der Waals surface area contributed by atoms with Gasteiger partial charge < -0.3 is 5.32 Å². The standard InChI is InChI=1S/C13H22N2O2S2/c1-11(9-18-3)15-19(16,17)10-13-6-4-5-12(7-13)8-14-2/h4-7,11,14-15H,8-10H2,1-3H3.